The normalized spacial score (nSPS) is 11.4. The fourth-order valence-corrected chi connectivity index (χ4v) is 4.93. The number of ether oxygens (including phenoxy) is 1. The predicted octanol–water partition coefficient (Wildman–Crippen LogP) is 5.14. The summed E-state index contributed by atoms with van der Waals surface area (Å²) < 4.78 is 33.9. The molecular formula is C28H33N3O4S. The highest BCUT2D eigenvalue weighted by Gasteiger charge is 2.28. The highest BCUT2D eigenvalue weighted by atomic mass is 32.2. The third kappa shape index (κ3) is 7.18. The molecule has 3 rings (SSSR count). The number of unbranched alkanes of at least 4 members (excludes halogenated alkanes) is 1. The highest BCUT2D eigenvalue weighted by Crippen LogP contribution is 2.28. The topological polar surface area (TPSA) is 88.1 Å². The summed E-state index contributed by atoms with van der Waals surface area (Å²) in [6.45, 7) is 7.94. The third-order valence-electron chi connectivity index (χ3n) is 5.58. The Balaban J connectivity index is 1.76. The Morgan fingerprint density at radius 3 is 2.31 bits per heavy atom. The van der Waals surface area contributed by atoms with Crippen molar-refractivity contribution in [2.24, 2.45) is 5.10 Å². The molecule has 0 heterocycles. The molecule has 1 N–H and O–H groups in total. The zero-order valence-corrected chi connectivity index (χ0v) is 22.0. The van der Waals surface area contributed by atoms with Crippen LogP contribution in [0.15, 0.2) is 76.7 Å². The largest absolute Gasteiger partial charge is 0.494 e. The van der Waals surface area contributed by atoms with Gasteiger partial charge in [0.05, 0.1) is 23.4 Å². The summed E-state index contributed by atoms with van der Waals surface area (Å²) in [5.41, 5.74) is 6.25. The number of anilines is 1. The zero-order chi connectivity index (χ0) is 26.1. The van der Waals surface area contributed by atoms with E-state index in [0.29, 0.717) is 12.3 Å². The van der Waals surface area contributed by atoms with Crippen LogP contribution in [-0.2, 0) is 14.8 Å². The number of benzene rings is 3. The van der Waals surface area contributed by atoms with Gasteiger partial charge >= 0.3 is 0 Å². The molecule has 1 amide bonds. The SMILES string of the molecule is CCCCOc1ccc(/C=N\NC(=O)CN(c2cc(C)ccc2C)S(=O)(=O)c2ccc(C)cc2)cc1. The lowest BCUT2D eigenvalue weighted by atomic mass is 10.1. The first-order valence-electron chi connectivity index (χ1n) is 11.9. The van der Waals surface area contributed by atoms with Gasteiger partial charge in [0.15, 0.2) is 0 Å². The van der Waals surface area contributed by atoms with E-state index in [1.54, 1.807) is 30.3 Å². The van der Waals surface area contributed by atoms with Crippen LogP contribution in [0.4, 0.5) is 5.69 Å². The van der Waals surface area contributed by atoms with E-state index in [2.05, 4.69) is 17.5 Å². The molecule has 190 valence electrons. The van der Waals surface area contributed by atoms with E-state index in [1.165, 1.54) is 6.21 Å². The van der Waals surface area contributed by atoms with Crippen molar-refractivity contribution in [1.82, 2.24) is 5.43 Å². The van der Waals surface area contributed by atoms with Gasteiger partial charge in [-0.05, 0) is 86.3 Å². The van der Waals surface area contributed by atoms with Crippen LogP contribution in [-0.4, -0.2) is 33.7 Å². The van der Waals surface area contributed by atoms with Crippen molar-refractivity contribution in [1.29, 1.82) is 0 Å². The predicted molar refractivity (Wildman–Crippen MR) is 144 cm³/mol. The molecule has 0 aliphatic rings. The van der Waals surface area contributed by atoms with E-state index in [1.807, 2.05) is 57.2 Å². The van der Waals surface area contributed by atoms with E-state index in [9.17, 15) is 13.2 Å². The van der Waals surface area contributed by atoms with Crippen LogP contribution in [0.5, 0.6) is 5.75 Å². The summed E-state index contributed by atoms with van der Waals surface area (Å²) in [5.74, 6) is 0.220. The lowest BCUT2D eigenvalue weighted by molar-refractivity contribution is -0.119. The van der Waals surface area contributed by atoms with Crippen LogP contribution in [0, 0.1) is 20.8 Å². The second kappa shape index (κ2) is 12.4. The van der Waals surface area contributed by atoms with Gasteiger partial charge in [0.25, 0.3) is 15.9 Å². The smallest absolute Gasteiger partial charge is 0.264 e. The number of nitrogens with one attached hydrogen (secondary N) is 1. The summed E-state index contributed by atoms with van der Waals surface area (Å²) in [6.07, 6.45) is 3.57. The lowest BCUT2D eigenvalue weighted by Crippen LogP contribution is -2.40. The number of hydrogen-bond acceptors (Lipinski definition) is 5. The zero-order valence-electron chi connectivity index (χ0n) is 21.2. The quantitative estimate of drug-likeness (QED) is 0.221. The lowest BCUT2D eigenvalue weighted by Gasteiger charge is -2.25. The van der Waals surface area contributed by atoms with Gasteiger partial charge in [0.1, 0.15) is 12.3 Å². The Bertz CT molecular complexity index is 1300. The van der Waals surface area contributed by atoms with Crippen molar-refractivity contribution < 1.29 is 17.9 Å². The van der Waals surface area contributed by atoms with E-state index in [4.69, 9.17) is 4.74 Å². The first-order chi connectivity index (χ1) is 17.2. The summed E-state index contributed by atoms with van der Waals surface area (Å²) >= 11 is 0. The number of carbonyl (C=O) groups is 1. The average molecular weight is 508 g/mol. The number of amides is 1. The van der Waals surface area contributed by atoms with Gasteiger partial charge in [-0.25, -0.2) is 13.8 Å². The summed E-state index contributed by atoms with van der Waals surface area (Å²) in [5, 5.41) is 4.01. The molecule has 0 bridgehead atoms. The summed E-state index contributed by atoms with van der Waals surface area (Å²) in [4.78, 5) is 12.9. The fourth-order valence-electron chi connectivity index (χ4n) is 3.45. The standard InChI is InChI=1S/C28H33N3O4S/c1-5-6-17-35-25-13-11-24(12-14-25)19-29-30-28(32)20-31(27-18-22(3)7-10-23(27)4)36(33,34)26-15-8-21(2)9-16-26/h7-16,18-19H,5-6,17,20H2,1-4H3,(H,30,32)/b29-19-. The number of aryl methyl sites for hydroxylation is 3. The minimum absolute atomic E-state index is 0.117. The van der Waals surface area contributed by atoms with Gasteiger partial charge in [-0.3, -0.25) is 9.10 Å². The maximum absolute atomic E-state index is 13.6. The second-order valence-corrected chi connectivity index (χ2v) is 10.5. The van der Waals surface area contributed by atoms with Crippen molar-refractivity contribution >= 4 is 27.8 Å². The molecule has 0 saturated carbocycles. The Hall–Kier alpha value is -3.65. The Labute approximate surface area is 213 Å². The van der Waals surface area contributed by atoms with Crippen molar-refractivity contribution in [3.63, 3.8) is 0 Å². The third-order valence-corrected chi connectivity index (χ3v) is 7.35. The van der Waals surface area contributed by atoms with Crippen LogP contribution in [0.25, 0.3) is 0 Å². The Kier molecular flexibility index (Phi) is 9.25. The molecule has 7 nitrogen and oxygen atoms in total. The van der Waals surface area contributed by atoms with Gasteiger partial charge in [-0.1, -0.05) is 43.2 Å². The van der Waals surface area contributed by atoms with Crippen LogP contribution in [0.1, 0.15) is 42.0 Å². The molecule has 0 aliphatic heterocycles. The van der Waals surface area contributed by atoms with Crippen molar-refractivity contribution in [3.8, 4) is 5.75 Å². The van der Waals surface area contributed by atoms with Gasteiger partial charge in [0.2, 0.25) is 0 Å². The van der Waals surface area contributed by atoms with Crippen LogP contribution >= 0.6 is 0 Å². The van der Waals surface area contributed by atoms with Crippen molar-refractivity contribution in [2.45, 2.75) is 45.4 Å². The first kappa shape index (κ1) is 26.9. The molecule has 0 spiro atoms. The summed E-state index contributed by atoms with van der Waals surface area (Å²) in [7, 11) is -3.99. The van der Waals surface area contributed by atoms with Crippen LogP contribution in [0.2, 0.25) is 0 Å². The Morgan fingerprint density at radius 2 is 1.64 bits per heavy atom. The average Bonchev–Trinajstić information content (AvgIpc) is 2.85. The monoisotopic (exact) mass is 507 g/mol. The number of nitrogens with zero attached hydrogens (tertiary/aromatic N) is 2. The number of carbonyl (C=O) groups excluding carboxylic acids is 1. The maximum atomic E-state index is 13.6. The number of rotatable bonds is 11. The van der Waals surface area contributed by atoms with Crippen molar-refractivity contribution in [2.75, 3.05) is 17.5 Å². The maximum Gasteiger partial charge on any atom is 0.264 e. The van der Waals surface area contributed by atoms with E-state index in [0.717, 1.165) is 45.2 Å². The molecule has 0 radical (unpaired) electrons. The van der Waals surface area contributed by atoms with Crippen molar-refractivity contribution in [3.05, 3.63) is 89.0 Å². The molecule has 3 aromatic rings. The number of hydrogen-bond donors (Lipinski definition) is 1. The number of hydrazone groups is 1. The molecule has 0 aliphatic carbocycles. The minimum Gasteiger partial charge on any atom is -0.494 e. The molecule has 0 saturated heterocycles. The summed E-state index contributed by atoms with van der Waals surface area (Å²) in [6, 6.07) is 19.4. The number of sulfonamides is 1. The molecule has 36 heavy (non-hydrogen) atoms. The molecule has 0 fully saturated rings. The molecule has 0 aromatic heterocycles. The van der Waals surface area contributed by atoms with Gasteiger partial charge < -0.3 is 4.74 Å². The molecular weight excluding hydrogens is 474 g/mol. The van der Waals surface area contributed by atoms with Crippen LogP contribution < -0.4 is 14.5 Å². The Morgan fingerprint density at radius 1 is 0.972 bits per heavy atom. The molecule has 0 unspecified atom stereocenters. The molecule has 0 atom stereocenters. The van der Waals surface area contributed by atoms with Crippen LogP contribution in [0.3, 0.4) is 0 Å². The van der Waals surface area contributed by atoms with E-state index in [-0.39, 0.29) is 4.90 Å². The molecule has 3 aromatic carbocycles. The first-order valence-corrected chi connectivity index (χ1v) is 13.4. The highest BCUT2D eigenvalue weighted by molar-refractivity contribution is 7.92. The fraction of sp³-hybridized carbons (Fsp3) is 0.286. The van der Waals surface area contributed by atoms with Gasteiger partial charge in [0, 0.05) is 0 Å². The van der Waals surface area contributed by atoms with Gasteiger partial charge in [-0.15, -0.1) is 0 Å². The van der Waals surface area contributed by atoms with E-state index >= 15 is 0 Å². The molecule has 8 heteroatoms. The second-order valence-electron chi connectivity index (χ2n) is 8.68. The minimum atomic E-state index is -3.99. The van der Waals surface area contributed by atoms with E-state index < -0.39 is 22.5 Å². The van der Waals surface area contributed by atoms with Gasteiger partial charge in [-0.2, -0.15) is 5.10 Å².